The molecular formula is C19H20BrClF2N2O5S. The Labute approximate surface area is 195 Å². The predicted octanol–water partition coefficient (Wildman–Crippen LogP) is 4.17. The van der Waals surface area contributed by atoms with Gasteiger partial charge in [0.15, 0.2) is 5.75 Å². The largest absolute Gasteiger partial charge is 0.497 e. The number of carbonyl (C=O) groups is 1. The number of rotatable bonds is 8. The lowest BCUT2D eigenvalue weighted by atomic mass is 10.1. The average molecular weight is 542 g/mol. The van der Waals surface area contributed by atoms with Crippen molar-refractivity contribution >= 4 is 50.5 Å². The Balaban J connectivity index is 1.94. The number of nitrogens with one attached hydrogen (secondary N) is 1. The second-order valence-electron chi connectivity index (χ2n) is 6.67. The molecule has 12 heteroatoms. The highest BCUT2D eigenvalue weighted by atomic mass is 79.9. The molecule has 1 aromatic heterocycles. The summed E-state index contributed by atoms with van der Waals surface area (Å²) in [5, 5.41) is 12.7. The molecule has 0 bridgehead atoms. The van der Waals surface area contributed by atoms with Crippen LogP contribution in [0.2, 0.25) is 0 Å². The standard InChI is InChI=1S/C19H20BrClF2N2O5S/c1-28-12-4-3-10(13(5-12)29-2)7-25(8-11(26)6-21)18(27)16-14-15(17(20)31-16)30-19(22,23)9-24-14/h3-5,11,24,26H,6-9H2,1-2H3. The maximum atomic E-state index is 13.6. The number of amides is 1. The summed E-state index contributed by atoms with van der Waals surface area (Å²) in [6, 6.07) is 5.14. The second kappa shape index (κ2) is 9.76. The smallest absolute Gasteiger partial charge is 0.415 e. The van der Waals surface area contributed by atoms with Crippen LogP contribution < -0.4 is 19.5 Å². The first-order valence-corrected chi connectivity index (χ1v) is 11.2. The van der Waals surface area contributed by atoms with E-state index in [1.165, 1.54) is 19.1 Å². The van der Waals surface area contributed by atoms with Crippen LogP contribution in [0.4, 0.5) is 14.5 Å². The fourth-order valence-corrected chi connectivity index (χ4v) is 4.78. The zero-order chi connectivity index (χ0) is 22.8. The van der Waals surface area contributed by atoms with Crippen molar-refractivity contribution in [1.82, 2.24) is 4.90 Å². The quantitative estimate of drug-likeness (QED) is 0.489. The van der Waals surface area contributed by atoms with Gasteiger partial charge in [0, 0.05) is 24.7 Å². The Bertz CT molecular complexity index is 962. The number of aliphatic hydroxyl groups excluding tert-OH is 1. The summed E-state index contributed by atoms with van der Waals surface area (Å²) in [6.07, 6.45) is -4.37. The summed E-state index contributed by atoms with van der Waals surface area (Å²) >= 11 is 9.90. The third-order valence-corrected chi connectivity index (χ3v) is 6.64. The minimum absolute atomic E-state index is 0.0706. The van der Waals surface area contributed by atoms with Crippen molar-refractivity contribution in [3.63, 3.8) is 0 Å². The molecule has 2 heterocycles. The van der Waals surface area contributed by atoms with E-state index in [0.717, 1.165) is 11.3 Å². The van der Waals surface area contributed by atoms with Gasteiger partial charge in [-0.2, -0.15) is 8.78 Å². The number of aliphatic hydroxyl groups is 1. The maximum Gasteiger partial charge on any atom is 0.415 e. The van der Waals surface area contributed by atoms with Gasteiger partial charge in [-0.15, -0.1) is 22.9 Å². The molecule has 2 N–H and O–H groups in total. The molecule has 0 spiro atoms. The lowest BCUT2D eigenvalue weighted by molar-refractivity contribution is -0.167. The molecule has 3 rings (SSSR count). The second-order valence-corrected chi connectivity index (χ2v) is 9.32. The number of anilines is 1. The number of alkyl halides is 3. The third-order valence-electron chi connectivity index (χ3n) is 4.49. The SMILES string of the molecule is COc1ccc(CN(CC(O)CCl)C(=O)c2sc(Br)c3c2NCC(F)(F)O3)c(OC)c1. The summed E-state index contributed by atoms with van der Waals surface area (Å²) in [5.74, 6) is 0.397. The van der Waals surface area contributed by atoms with Gasteiger partial charge in [-0.25, -0.2) is 0 Å². The van der Waals surface area contributed by atoms with E-state index in [9.17, 15) is 18.7 Å². The molecule has 0 saturated carbocycles. The van der Waals surface area contributed by atoms with E-state index >= 15 is 0 Å². The number of halogens is 4. The van der Waals surface area contributed by atoms with E-state index in [0.29, 0.717) is 17.1 Å². The molecule has 170 valence electrons. The van der Waals surface area contributed by atoms with Gasteiger partial charge in [-0.1, -0.05) is 0 Å². The minimum Gasteiger partial charge on any atom is -0.497 e. The molecule has 31 heavy (non-hydrogen) atoms. The number of benzene rings is 1. The van der Waals surface area contributed by atoms with E-state index in [2.05, 4.69) is 21.2 Å². The highest BCUT2D eigenvalue weighted by Crippen LogP contribution is 2.48. The van der Waals surface area contributed by atoms with Gasteiger partial charge in [0.05, 0.1) is 26.2 Å². The normalized spacial score (nSPS) is 15.3. The van der Waals surface area contributed by atoms with E-state index in [-0.39, 0.29) is 39.1 Å². The first-order chi connectivity index (χ1) is 14.7. The van der Waals surface area contributed by atoms with Crippen molar-refractivity contribution in [3.05, 3.63) is 32.4 Å². The molecule has 1 amide bonds. The Hall–Kier alpha value is -1.82. The molecular weight excluding hydrogens is 522 g/mol. The number of nitrogens with zero attached hydrogens (tertiary/aromatic N) is 1. The van der Waals surface area contributed by atoms with Gasteiger partial charge < -0.3 is 29.5 Å². The van der Waals surface area contributed by atoms with Crippen molar-refractivity contribution in [1.29, 1.82) is 0 Å². The Kier molecular flexibility index (Phi) is 7.51. The van der Waals surface area contributed by atoms with Crippen LogP contribution in [-0.2, 0) is 6.54 Å². The number of thiophene rings is 1. The molecule has 1 aliphatic rings. The lowest BCUT2D eigenvalue weighted by Gasteiger charge is -2.28. The van der Waals surface area contributed by atoms with Gasteiger partial charge in [-0.05, 0) is 28.1 Å². The first kappa shape index (κ1) is 23.8. The van der Waals surface area contributed by atoms with E-state index in [1.54, 1.807) is 18.2 Å². The molecule has 1 aromatic carbocycles. The van der Waals surface area contributed by atoms with E-state index in [1.807, 2.05) is 0 Å². The highest BCUT2D eigenvalue weighted by molar-refractivity contribution is 9.11. The summed E-state index contributed by atoms with van der Waals surface area (Å²) in [4.78, 5) is 14.9. The van der Waals surface area contributed by atoms with E-state index < -0.39 is 24.7 Å². The predicted molar refractivity (Wildman–Crippen MR) is 117 cm³/mol. The third kappa shape index (κ3) is 5.33. The summed E-state index contributed by atoms with van der Waals surface area (Å²) in [7, 11) is 3.02. The van der Waals surface area contributed by atoms with Crippen molar-refractivity contribution in [2.75, 3.05) is 38.5 Å². The topological polar surface area (TPSA) is 80.3 Å². The highest BCUT2D eigenvalue weighted by Gasteiger charge is 2.41. The van der Waals surface area contributed by atoms with Gasteiger partial charge in [0.1, 0.15) is 32.4 Å². The van der Waals surface area contributed by atoms with Crippen LogP contribution in [0, 0.1) is 0 Å². The van der Waals surface area contributed by atoms with Crippen LogP contribution in [0.3, 0.4) is 0 Å². The number of hydrogen-bond acceptors (Lipinski definition) is 7. The molecule has 2 aromatic rings. The zero-order valence-corrected chi connectivity index (χ0v) is 19.7. The molecule has 7 nitrogen and oxygen atoms in total. The van der Waals surface area contributed by atoms with Crippen molar-refractivity contribution in [2.24, 2.45) is 0 Å². The number of carbonyl (C=O) groups excluding carboxylic acids is 1. The van der Waals surface area contributed by atoms with Gasteiger partial charge in [0.25, 0.3) is 5.91 Å². The van der Waals surface area contributed by atoms with E-state index in [4.69, 9.17) is 25.8 Å². The zero-order valence-electron chi connectivity index (χ0n) is 16.6. The van der Waals surface area contributed by atoms with Crippen molar-refractivity contribution < 1.29 is 32.9 Å². The Morgan fingerprint density at radius 3 is 2.84 bits per heavy atom. The first-order valence-electron chi connectivity index (χ1n) is 9.06. The lowest BCUT2D eigenvalue weighted by Crippen LogP contribution is -2.39. The molecule has 1 unspecified atom stereocenters. The number of ether oxygens (including phenoxy) is 3. The Morgan fingerprint density at radius 1 is 1.45 bits per heavy atom. The van der Waals surface area contributed by atoms with Crippen LogP contribution in [0.25, 0.3) is 0 Å². The van der Waals surface area contributed by atoms with Gasteiger partial charge in [0.2, 0.25) is 0 Å². The molecule has 0 saturated heterocycles. The summed E-state index contributed by atoms with van der Waals surface area (Å²) in [6.45, 7) is -0.750. The molecule has 0 fully saturated rings. The van der Waals surface area contributed by atoms with Crippen LogP contribution in [0.5, 0.6) is 17.2 Å². The Morgan fingerprint density at radius 2 is 2.19 bits per heavy atom. The number of methoxy groups -OCH3 is 2. The van der Waals surface area contributed by atoms with Crippen LogP contribution >= 0.6 is 38.9 Å². The molecule has 0 aliphatic carbocycles. The summed E-state index contributed by atoms with van der Waals surface area (Å²) < 4.78 is 42.8. The fraction of sp³-hybridized carbons (Fsp3) is 0.421. The summed E-state index contributed by atoms with van der Waals surface area (Å²) in [5.41, 5.74) is 0.846. The van der Waals surface area contributed by atoms with Gasteiger partial charge >= 0.3 is 6.11 Å². The van der Waals surface area contributed by atoms with Crippen molar-refractivity contribution in [3.8, 4) is 17.2 Å². The molecule has 1 atom stereocenters. The molecule has 0 radical (unpaired) electrons. The number of hydrogen-bond donors (Lipinski definition) is 2. The monoisotopic (exact) mass is 540 g/mol. The average Bonchev–Trinajstić information content (AvgIpc) is 3.07. The van der Waals surface area contributed by atoms with Crippen LogP contribution in [0.1, 0.15) is 15.2 Å². The minimum atomic E-state index is -3.39. The fourth-order valence-electron chi connectivity index (χ4n) is 3.02. The molecule has 1 aliphatic heterocycles. The van der Waals surface area contributed by atoms with Crippen LogP contribution in [0.15, 0.2) is 22.0 Å². The maximum absolute atomic E-state index is 13.6. The number of fused-ring (bicyclic) bond motifs is 1. The van der Waals surface area contributed by atoms with Crippen molar-refractivity contribution in [2.45, 2.75) is 18.8 Å². The van der Waals surface area contributed by atoms with Gasteiger partial charge in [-0.3, -0.25) is 4.79 Å². The van der Waals surface area contributed by atoms with Crippen LogP contribution in [-0.4, -0.2) is 61.3 Å².